The van der Waals surface area contributed by atoms with Crippen molar-refractivity contribution in [3.63, 3.8) is 0 Å². The van der Waals surface area contributed by atoms with E-state index in [1.54, 1.807) is 0 Å². The fraction of sp³-hybridized carbons (Fsp3) is 0.769. The number of nitrogens with two attached hydrogens (primary N) is 1. The third-order valence-electron chi connectivity index (χ3n) is 3.61. The van der Waals surface area contributed by atoms with E-state index in [4.69, 9.17) is 5.73 Å². The highest BCUT2D eigenvalue weighted by Gasteiger charge is 2.20. The van der Waals surface area contributed by atoms with Gasteiger partial charge in [0.25, 0.3) is 0 Å². The Hall–Kier alpha value is -0.990. The molecule has 1 heterocycles. The second-order valence-corrected chi connectivity index (χ2v) is 4.90. The summed E-state index contributed by atoms with van der Waals surface area (Å²) in [6, 6.07) is 0. The van der Waals surface area contributed by atoms with Crippen LogP contribution in [0.3, 0.4) is 0 Å². The van der Waals surface area contributed by atoms with Gasteiger partial charge in [-0.2, -0.15) is 0 Å². The summed E-state index contributed by atoms with van der Waals surface area (Å²) in [4.78, 5) is 4.54. The smallest absolute Gasteiger partial charge is 0.126 e. The lowest BCUT2D eigenvalue weighted by molar-refractivity contribution is 0.581. The van der Waals surface area contributed by atoms with Crippen LogP contribution in [0.15, 0.2) is 6.33 Å². The normalized spacial score (nSPS) is 18.6. The standard InChI is InChI=1S/C13H23N3/c1-2-9-16-10-15-12(13(16)14)11-7-5-3-4-6-8-11/h10-11H,2-9,14H2,1H3. The molecule has 1 aliphatic rings. The van der Waals surface area contributed by atoms with E-state index in [9.17, 15) is 0 Å². The molecule has 3 nitrogen and oxygen atoms in total. The fourth-order valence-electron chi connectivity index (χ4n) is 2.69. The van der Waals surface area contributed by atoms with Gasteiger partial charge in [-0.15, -0.1) is 0 Å². The van der Waals surface area contributed by atoms with Gasteiger partial charge >= 0.3 is 0 Å². The molecule has 1 aromatic heterocycles. The van der Waals surface area contributed by atoms with Crippen LogP contribution >= 0.6 is 0 Å². The van der Waals surface area contributed by atoms with Crippen LogP contribution in [0.5, 0.6) is 0 Å². The van der Waals surface area contributed by atoms with Gasteiger partial charge in [-0.25, -0.2) is 4.98 Å². The topological polar surface area (TPSA) is 43.8 Å². The maximum Gasteiger partial charge on any atom is 0.126 e. The van der Waals surface area contributed by atoms with Crippen LogP contribution in [0.25, 0.3) is 0 Å². The third kappa shape index (κ3) is 2.39. The van der Waals surface area contributed by atoms with Gasteiger partial charge in [0.05, 0.1) is 12.0 Å². The molecule has 0 saturated heterocycles. The molecule has 0 aliphatic heterocycles. The molecule has 2 N–H and O–H groups in total. The summed E-state index contributed by atoms with van der Waals surface area (Å²) in [7, 11) is 0. The van der Waals surface area contributed by atoms with Gasteiger partial charge in [0.1, 0.15) is 5.82 Å². The highest BCUT2D eigenvalue weighted by Crippen LogP contribution is 2.33. The minimum atomic E-state index is 0.612. The number of aryl methyl sites for hydroxylation is 1. The minimum absolute atomic E-state index is 0.612. The summed E-state index contributed by atoms with van der Waals surface area (Å²) in [6.45, 7) is 3.16. The quantitative estimate of drug-likeness (QED) is 0.796. The highest BCUT2D eigenvalue weighted by atomic mass is 15.1. The van der Waals surface area contributed by atoms with Gasteiger partial charge in [0.2, 0.25) is 0 Å². The Morgan fingerprint density at radius 2 is 2.00 bits per heavy atom. The van der Waals surface area contributed by atoms with E-state index in [-0.39, 0.29) is 0 Å². The molecule has 0 spiro atoms. The maximum atomic E-state index is 6.17. The SMILES string of the molecule is CCCn1cnc(C2CCCCCC2)c1N. The molecule has 2 rings (SSSR count). The highest BCUT2D eigenvalue weighted by molar-refractivity contribution is 5.38. The van der Waals surface area contributed by atoms with Crippen molar-refractivity contribution in [2.75, 3.05) is 5.73 Å². The number of nitrogens with zero attached hydrogens (tertiary/aromatic N) is 2. The summed E-state index contributed by atoms with van der Waals surface area (Å²) in [5.41, 5.74) is 7.33. The Balaban J connectivity index is 2.12. The first kappa shape index (κ1) is 11.5. The van der Waals surface area contributed by atoms with Gasteiger partial charge in [-0.05, 0) is 19.3 Å². The van der Waals surface area contributed by atoms with Crippen molar-refractivity contribution in [1.82, 2.24) is 9.55 Å². The van der Waals surface area contributed by atoms with Gasteiger partial charge in [-0.3, -0.25) is 0 Å². The van der Waals surface area contributed by atoms with E-state index in [1.807, 2.05) is 6.33 Å². The van der Waals surface area contributed by atoms with Crippen LogP contribution in [0.2, 0.25) is 0 Å². The summed E-state index contributed by atoms with van der Waals surface area (Å²) >= 11 is 0. The lowest BCUT2D eigenvalue weighted by atomic mass is 9.96. The van der Waals surface area contributed by atoms with E-state index < -0.39 is 0 Å². The first-order valence-corrected chi connectivity index (χ1v) is 6.63. The van der Waals surface area contributed by atoms with Gasteiger partial charge in [0.15, 0.2) is 0 Å². The van der Waals surface area contributed by atoms with E-state index in [0.29, 0.717) is 5.92 Å². The van der Waals surface area contributed by atoms with Crippen molar-refractivity contribution in [2.45, 2.75) is 64.3 Å². The Morgan fingerprint density at radius 1 is 1.31 bits per heavy atom. The molecule has 3 heteroatoms. The van der Waals surface area contributed by atoms with E-state index in [1.165, 1.54) is 38.5 Å². The van der Waals surface area contributed by atoms with Crippen LogP contribution in [0, 0.1) is 0 Å². The predicted molar refractivity (Wildman–Crippen MR) is 67.4 cm³/mol. The molecule has 1 aromatic rings. The predicted octanol–water partition coefficient (Wildman–Crippen LogP) is 3.31. The summed E-state index contributed by atoms with van der Waals surface area (Å²) in [6.07, 6.45) is 11.0. The van der Waals surface area contributed by atoms with Crippen LogP contribution in [0.1, 0.15) is 63.5 Å². The minimum Gasteiger partial charge on any atom is -0.384 e. The number of hydrogen-bond acceptors (Lipinski definition) is 2. The Morgan fingerprint density at radius 3 is 2.62 bits per heavy atom. The molecule has 0 radical (unpaired) electrons. The first-order chi connectivity index (χ1) is 7.83. The van der Waals surface area contributed by atoms with Crippen molar-refractivity contribution in [2.24, 2.45) is 0 Å². The average Bonchev–Trinajstić information content (AvgIpc) is 2.55. The molecule has 0 amide bonds. The molecule has 1 saturated carbocycles. The van der Waals surface area contributed by atoms with Crippen molar-refractivity contribution in [3.8, 4) is 0 Å². The molecule has 90 valence electrons. The molecular weight excluding hydrogens is 198 g/mol. The number of rotatable bonds is 3. The lowest BCUT2D eigenvalue weighted by Gasteiger charge is -2.12. The molecule has 0 atom stereocenters. The largest absolute Gasteiger partial charge is 0.384 e. The summed E-state index contributed by atoms with van der Waals surface area (Å²) < 4.78 is 2.10. The summed E-state index contributed by atoms with van der Waals surface area (Å²) in [5.74, 6) is 1.52. The second-order valence-electron chi connectivity index (χ2n) is 4.90. The van der Waals surface area contributed by atoms with Crippen molar-refractivity contribution < 1.29 is 0 Å². The van der Waals surface area contributed by atoms with Crippen molar-refractivity contribution in [1.29, 1.82) is 0 Å². The van der Waals surface area contributed by atoms with Crippen molar-refractivity contribution >= 4 is 5.82 Å². The molecule has 1 fully saturated rings. The van der Waals surface area contributed by atoms with Crippen molar-refractivity contribution in [3.05, 3.63) is 12.0 Å². The van der Waals surface area contributed by atoms with Crippen LogP contribution in [-0.2, 0) is 6.54 Å². The molecule has 1 aliphatic carbocycles. The summed E-state index contributed by atoms with van der Waals surface area (Å²) in [5, 5.41) is 0. The van der Waals surface area contributed by atoms with E-state index >= 15 is 0 Å². The first-order valence-electron chi connectivity index (χ1n) is 6.63. The molecule has 16 heavy (non-hydrogen) atoms. The van der Waals surface area contributed by atoms with Gasteiger partial charge in [-0.1, -0.05) is 32.6 Å². The fourth-order valence-corrected chi connectivity index (χ4v) is 2.69. The number of anilines is 1. The van der Waals surface area contributed by atoms with Crippen LogP contribution in [0.4, 0.5) is 5.82 Å². The zero-order valence-electron chi connectivity index (χ0n) is 10.3. The van der Waals surface area contributed by atoms with Gasteiger partial charge in [0, 0.05) is 12.5 Å². The zero-order chi connectivity index (χ0) is 11.4. The maximum absolute atomic E-state index is 6.17. The Kier molecular flexibility index (Phi) is 3.86. The molecular formula is C13H23N3. The third-order valence-corrected chi connectivity index (χ3v) is 3.61. The van der Waals surface area contributed by atoms with E-state index in [0.717, 1.165) is 24.5 Å². The van der Waals surface area contributed by atoms with Crippen LogP contribution in [-0.4, -0.2) is 9.55 Å². The lowest BCUT2D eigenvalue weighted by Crippen LogP contribution is -2.06. The molecule has 0 unspecified atom stereocenters. The Labute approximate surface area is 98.1 Å². The monoisotopic (exact) mass is 221 g/mol. The Bertz CT molecular complexity index is 322. The van der Waals surface area contributed by atoms with Gasteiger partial charge < -0.3 is 10.3 Å². The number of hydrogen-bond donors (Lipinski definition) is 1. The number of nitrogen functional groups attached to an aromatic ring is 1. The molecule has 0 aromatic carbocycles. The van der Waals surface area contributed by atoms with Crippen LogP contribution < -0.4 is 5.73 Å². The zero-order valence-corrected chi connectivity index (χ0v) is 10.3. The molecule has 0 bridgehead atoms. The number of aromatic nitrogens is 2. The average molecular weight is 221 g/mol. The second kappa shape index (κ2) is 5.37. The van der Waals surface area contributed by atoms with E-state index in [2.05, 4.69) is 16.5 Å². The number of imidazole rings is 1.